The number of halogens is 5. The highest BCUT2D eigenvalue weighted by Gasteiger charge is 2.38. The quantitative estimate of drug-likeness (QED) is 0.552. The summed E-state index contributed by atoms with van der Waals surface area (Å²) in [6.07, 6.45) is -6.50. The monoisotopic (exact) mass is 184 g/mol. The van der Waals surface area contributed by atoms with Crippen LogP contribution >= 0.6 is 0 Å². The Morgan fingerprint density at radius 2 is 1.83 bits per heavy atom. The average molecular weight is 184 g/mol. The molecule has 1 rings (SSSR count). The first-order chi connectivity index (χ1) is 5.41. The molecule has 0 aliphatic carbocycles. The largest absolute Gasteiger partial charge is 0.435 e. The van der Waals surface area contributed by atoms with Gasteiger partial charge in [-0.15, -0.1) is 0 Å². The molecule has 2 radical (unpaired) electrons. The number of rotatable bonds is 1. The molecule has 2 nitrogen and oxygen atoms in total. The zero-order valence-electron chi connectivity index (χ0n) is 5.36. The number of allylic oxidation sites excluding steroid dienone is 1. The van der Waals surface area contributed by atoms with Gasteiger partial charge in [-0.05, 0) is 0 Å². The third-order valence-electron chi connectivity index (χ3n) is 0.966. The molecule has 0 N–H and O–H groups in total. The fraction of sp³-hybridized carbons (Fsp3) is 0.400. The summed E-state index contributed by atoms with van der Waals surface area (Å²) >= 11 is 0. The van der Waals surface area contributed by atoms with Crippen molar-refractivity contribution in [3.05, 3.63) is 11.9 Å². The lowest BCUT2D eigenvalue weighted by Crippen LogP contribution is -2.16. The molecular weight excluding hydrogens is 183 g/mol. The van der Waals surface area contributed by atoms with Crippen molar-refractivity contribution in [1.29, 1.82) is 0 Å². The molecule has 0 bridgehead atoms. The van der Waals surface area contributed by atoms with Crippen LogP contribution in [0.2, 0.25) is 0 Å². The van der Waals surface area contributed by atoms with E-state index in [0.717, 1.165) is 0 Å². The van der Waals surface area contributed by atoms with Gasteiger partial charge in [0.1, 0.15) is 6.20 Å². The van der Waals surface area contributed by atoms with E-state index in [2.05, 4.69) is 10.3 Å². The van der Waals surface area contributed by atoms with Gasteiger partial charge in [-0.2, -0.15) is 13.2 Å². The molecular formula is C5HF5N2. The first-order valence-corrected chi connectivity index (χ1v) is 2.69. The number of aliphatic imine (C=N–C) groups is 1. The summed E-state index contributed by atoms with van der Waals surface area (Å²) in [5.74, 6) is -1.15. The topological polar surface area (TPSA) is 26.5 Å². The van der Waals surface area contributed by atoms with E-state index in [-0.39, 0.29) is 0 Å². The third-order valence-corrected chi connectivity index (χ3v) is 0.966. The Morgan fingerprint density at radius 3 is 2.08 bits per heavy atom. The molecule has 1 aliphatic heterocycles. The van der Waals surface area contributed by atoms with Crippen molar-refractivity contribution in [2.45, 2.75) is 12.6 Å². The molecule has 1 heterocycles. The molecule has 66 valence electrons. The molecule has 12 heavy (non-hydrogen) atoms. The minimum atomic E-state index is -4.76. The highest BCUT2D eigenvalue weighted by atomic mass is 19.4. The van der Waals surface area contributed by atoms with Crippen LogP contribution in [-0.2, 0) is 0 Å². The lowest BCUT2D eigenvalue weighted by Gasteiger charge is -2.00. The predicted octanol–water partition coefficient (Wildman–Crippen LogP) is 1.47. The molecule has 7 heteroatoms. The van der Waals surface area contributed by atoms with E-state index in [1.807, 2.05) is 0 Å². The van der Waals surface area contributed by atoms with Crippen LogP contribution < -0.4 is 5.32 Å². The molecule has 0 atom stereocenters. The smallest absolute Gasteiger partial charge is 0.223 e. The van der Waals surface area contributed by atoms with Crippen LogP contribution in [0.25, 0.3) is 0 Å². The number of amidine groups is 1. The molecule has 0 unspecified atom stereocenters. The van der Waals surface area contributed by atoms with E-state index in [1.54, 1.807) is 0 Å². The highest BCUT2D eigenvalue weighted by molar-refractivity contribution is 5.88. The van der Waals surface area contributed by atoms with Crippen molar-refractivity contribution < 1.29 is 22.0 Å². The highest BCUT2D eigenvalue weighted by Crippen LogP contribution is 2.28. The Labute approximate surface area is 63.8 Å². The van der Waals surface area contributed by atoms with Gasteiger partial charge in [0.15, 0.2) is 11.5 Å². The number of alkyl halides is 5. The Morgan fingerprint density at radius 1 is 1.25 bits per heavy atom. The van der Waals surface area contributed by atoms with Gasteiger partial charge in [0.2, 0.25) is 0 Å². The van der Waals surface area contributed by atoms with Gasteiger partial charge in [0.05, 0.1) is 0 Å². The maximum atomic E-state index is 11.7. The molecule has 0 aromatic rings. The Kier molecular flexibility index (Phi) is 2.03. The minimum absolute atomic E-state index is 1.15. The predicted molar refractivity (Wildman–Crippen MR) is 28.4 cm³/mol. The van der Waals surface area contributed by atoms with E-state index in [1.165, 1.54) is 6.20 Å². The summed E-state index contributed by atoms with van der Waals surface area (Å²) in [6.45, 7) is 0. The number of hydrogen-bond donors (Lipinski definition) is 0. The molecule has 0 aromatic heterocycles. The number of nitrogens with zero attached hydrogens (tertiary/aromatic N) is 2. The first-order valence-electron chi connectivity index (χ1n) is 2.69. The maximum Gasteiger partial charge on any atom is 0.435 e. The summed E-state index contributed by atoms with van der Waals surface area (Å²) in [4.78, 5) is 2.54. The van der Waals surface area contributed by atoms with E-state index in [0.29, 0.717) is 0 Å². The molecule has 0 fully saturated rings. The molecule has 0 spiro atoms. The van der Waals surface area contributed by atoms with Crippen LogP contribution in [0.15, 0.2) is 10.7 Å². The van der Waals surface area contributed by atoms with Crippen LogP contribution in [0.1, 0.15) is 0 Å². The van der Waals surface area contributed by atoms with Crippen molar-refractivity contribution in [3.8, 4) is 0 Å². The molecule has 0 aromatic carbocycles. The molecule has 0 saturated heterocycles. The lowest BCUT2D eigenvalue weighted by molar-refractivity contribution is -0.0926. The second-order valence-corrected chi connectivity index (χ2v) is 1.84. The molecule has 0 saturated carbocycles. The normalized spacial score (nSPS) is 17.5. The third kappa shape index (κ3) is 1.72. The number of hydrogen-bond acceptors (Lipinski definition) is 1. The molecule has 1 aliphatic rings. The SMILES string of the molecule is FC(F)C1=NC(C(F)(F)F)=[C][N]1. The minimum Gasteiger partial charge on any atom is -0.223 e. The fourth-order valence-electron chi connectivity index (χ4n) is 0.499. The van der Waals surface area contributed by atoms with E-state index in [9.17, 15) is 22.0 Å². The standard InChI is InChI=1S/C5HF5N2/c6-3(7)4-11-1-2(12-4)5(8,9)10/h3H. The molecule has 0 amide bonds. The van der Waals surface area contributed by atoms with Gasteiger partial charge in [-0.25, -0.2) is 19.1 Å². The van der Waals surface area contributed by atoms with E-state index >= 15 is 0 Å². The maximum absolute atomic E-state index is 11.7. The van der Waals surface area contributed by atoms with Crippen LogP contribution in [0.5, 0.6) is 0 Å². The second kappa shape index (κ2) is 2.72. The summed E-state index contributed by atoms with van der Waals surface area (Å²) in [7, 11) is 0. The van der Waals surface area contributed by atoms with Gasteiger partial charge >= 0.3 is 6.18 Å². The van der Waals surface area contributed by atoms with Gasteiger partial charge in [0.25, 0.3) is 6.43 Å². The van der Waals surface area contributed by atoms with Crippen molar-refractivity contribution in [2.24, 2.45) is 4.99 Å². The van der Waals surface area contributed by atoms with Gasteiger partial charge < -0.3 is 0 Å². The first kappa shape index (κ1) is 8.95. The average Bonchev–Trinajstić information content (AvgIpc) is 2.30. The van der Waals surface area contributed by atoms with Crippen molar-refractivity contribution >= 4 is 5.84 Å². The van der Waals surface area contributed by atoms with Crippen LogP contribution in [-0.4, -0.2) is 18.4 Å². The zero-order chi connectivity index (χ0) is 9.35. The van der Waals surface area contributed by atoms with Crippen LogP contribution in [0.4, 0.5) is 22.0 Å². The van der Waals surface area contributed by atoms with Crippen LogP contribution in [0.3, 0.4) is 0 Å². The Hall–Kier alpha value is -1.14. The van der Waals surface area contributed by atoms with Crippen LogP contribution in [0, 0.1) is 6.20 Å². The second-order valence-electron chi connectivity index (χ2n) is 1.84. The van der Waals surface area contributed by atoms with E-state index < -0.39 is 24.1 Å². The Balaban J connectivity index is 2.75. The zero-order valence-corrected chi connectivity index (χ0v) is 5.36. The summed E-state index contributed by atoms with van der Waals surface area (Å²) in [6, 6.07) is 0. The van der Waals surface area contributed by atoms with Crippen molar-refractivity contribution in [1.82, 2.24) is 5.32 Å². The van der Waals surface area contributed by atoms with Gasteiger partial charge in [-0.3, -0.25) is 0 Å². The van der Waals surface area contributed by atoms with Crippen molar-refractivity contribution in [3.63, 3.8) is 0 Å². The Bertz CT molecular complexity index is 239. The van der Waals surface area contributed by atoms with Gasteiger partial charge in [-0.1, -0.05) is 0 Å². The fourth-order valence-corrected chi connectivity index (χ4v) is 0.499. The summed E-state index contributed by atoms with van der Waals surface area (Å²) in [5.41, 5.74) is -1.52. The lowest BCUT2D eigenvalue weighted by atomic mass is 10.5. The summed E-state index contributed by atoms with van der Waals surface area (Å²) < 4.78 is 58.4. The van der Waals surface area contributed by atoms with E-state index in [4.69, 9.17) is 0 Å². The summed E-state index contributed by atoms with van der Waals surface area (Å²) in [5, 5.41) is 2.68. The van der Waals surface area contributed by atoms with Crippen molar-refractivity contribution in [2.75, 3.05) is 0 Å². The van der Waals surface area contributed by atoms with Gasteiger partial charge in [0, 0.05) is 0 Å².